The quantitative estimate of drug-likeness (QED) is 0.666. The van der Waals surface area contributed by atoms with Crippen LogP contribution in [0.15, 0.2) is 24.3 Å². The molecule has 0 aliphatic carbocycles. The minimum absolute atomic E-state index is 0. The van der Waals surface area contributed by atoms with Crippen LogP contribution in [-0.2, 0) is 0 Å². The number of nitrogens with one attached hydrogen (secondary N) is 2. The number of rotatable bonds is 4. The predicted octanol–water partition coefficient (Wildman–Crippen LogP) is -2.00. The summed E-state index contributed by atoms with van der Waals surface area (Å²) >= 11 is 0. The molecule has 0 heterocycles. The SMILES string of the molecule is CCC(c1ccccc1OC(=O)NC)[NH+](C)C.[Cl-]. The van der Waals surface area contributed by atoms with Crippen LogP contribution >= 0.6 is 0 Å². The van der Waals surface area contributed by atoms with Gasteiger partial charge in [0.1, 0.15) is 11.8 Å². The molecule has 5 heteroatoms. The molecule has 0 aliphatic rings. The van der Waals surface area contributed by atoms with Crippen LogP contribution in [0.4, 0.5) is 4.79 Å². The van der Waals surface area contributed by atoms with E-state index < -0.39 is 6.09 Å². The van der Waals surface area contributed by atoms with Gasteiger partial charge >= 0.3 is 6.09 Å². The second-order valence-electron chi connectivity index (χ2n) is 4.22. The van der Waals surface area contributed by atoms with Crippen molar-refractivity contribution in [3.8, 4) is 5.75 Å². The first-order valence-electron chi connectivity index (χ1n) is 5.88. The second-order valence-corrected chi connectivity index (χ2v) is 4.22. The van der Waals surface area contributed by atoms with Gasteiger partial charge in [0, 0.05) is 13.5 Å². The minimum Gasteiger partial charge on any atom is -1.00 e. The number of para-hydroxylation sites is 1. The van der Waals surface area contributed by atoms with E-state index in [9.17, 15) is 4.79 Å². The van der Waals surface area contributed by atoms with E-state index in [2.05, 4.69) is 26.3 Å². The molecule has 1 rings (SSSR count). The van der Waals surface area contributed by atoms with Crippen molar-refractivity contribution in [2.75, 3.05) is 21.1 Å². The van der Waals surface area contributed by atoms with Gasteiger partial charge in [-0.1, -0.05) is 19.1 Å². The maximum absolute atomic E-state index is 11.3. The highest BCUT2D eigenvalue weighted by Gasteiger charge is 2.20. The van der Waals surface area contributed by atoms with Crippen LogP contribution in [0.1, 0.15) is 24.9 Å². The standard InChI is InChI=1S/C13H20N2O2.ClH/c1-5-11(15(3)4)10-8-6-7-9-12(10)17-13(16)14-2;/h6-9,11H,5H2,1-4H3,(H,14,16);1H. The molecule has 4 nitrogen and oxygen atoms in total. The summed E-state index contributed by atoms with van der Waals surface area (Å²) in [6.45, 7) is 2.13. The number of halogens is 1. The average Bonchev–Trinajstić information content (AvgIpc) is 2.31. The number of benzene rings is 1. The van der Waals surface area contributed by atoms with Crippen LogP contribution in [0.5, 0.6) is 5.75 Å². The van der Waals surface area contributed by atoms with Crippen LogP contribution < -0.4 is 27.4 Å². The second kappa shape index (κ2) is 7.95. The van der Waals surface area contributed by atoms with Gasteiger partial charge in [0.25, 0.3) is 0 Å². The van der Waals surface area contributed by atoms with E-state index in [0.717, 1.165) is 12.0 Å². The largest absolute Gasteiger partial charge is 1.00 e. The summed E-state index contributed by atoms with van der Waals surface area (Å²) in [6.07, 6.45) is 0.567. The number of carbonyl (C=O) groups excluding carboxylic acids is 1. The highest BCUT2D eigenvalue weighted by molar-refractivity contribution is 5.70. The van der Waals surface area contributed by atoms with E-state index in [4.69, 9.17) is 4.74 Å². The Kier molecular flexibility index (Phi) is 7.39. The summed E-state index contributed by atoms with van der Waals surface area (Å²) in [5.74, 6) is 0.639. The zero-order valence-electron chi connectivity index (χ0n) is 11.3. The van der Waals surface area contributed by atoms with Crippen LogP contribution in [0, 0.1) is 0 Å². The molecule has 0 saturated carbocycles. The fourth-order valence-corrected chi connectivity index (χ4v) is 1.95. The first kappa shape index (κ1) is 16.7. The Balaban J connectivity index is 0.00000289. The Morgan fingerprint density at radius 1 is 1.39 bits per heavy atom. The molecule has 0 fully saturated rings. The van der Waals surface area contributed by atoms with Crippen molar-refractivity contribution in [2.24, 2.45) is 0 Å². The molecule has 1 atom stereocenters. The third-order valence-corrected chi connectivity index (χ3v) is 2.81. The zero-order chi connectivity index (χ0) is 12.8. The number of hydrogen-bond acceptors (Lipinski definition) is 2. The number of quaternary nitrogens is 1. The minimum atomic E-state index is -0.430. The van der Waals surface area contributed by atoms with Gasteiger partial charge in [-0.05, 0) is 12.1 Å². The molecule has 0 aromatic heterocycles. The number of amides is 1. The van der Waals surface area contributed by atoms with Crippen LogP contribution in [0.2, 0.25) is 0 Å². The molecule has 0 radical (unpaired) electrons. The highest BCUT2D eigenvalue weighted by Crippen LogP contribution is 2.25. The van der Waals surface area contributed by atoms with Gasteiger partial charge in [-0.2, -0.15) is 0 Å². The summed E-state index contributed by atoms with van der Waals surface area (Å²) in [5, 5.41) is 2.46. The van der Waals surface area contributed by atoms with Crippen molar-refractivity contribution in [1.29, 1.82) is 0 Å². The van der Waals surface area contributed by atoms with Crippen LogP contribution in [0.25, 0.3) is 0 Å². The van der Waals surface area contributed by atoms with Crippen molar-refractivity contribution in [2.45, 2.75) is 19.4 Å². The topological polar surface area (TPSA) is 42.8 Å². The summed E-state index contributed by atoms with van der Waals surface area (Å²) in [5.41, 5.74) is 1.07. The number of ether oxygens (including phenoxy) is 1. The lowest BCUT2D eigenvalue weighted by atomic mass is 10.0. The molecule has 1 aromatic rings. The molecule has 0 spiro atoms. The first-order chi connectivity index (χ1) is 8.10. The van der Waals surface area contributed by atoms with Crippen LogP contribution in [0.3, 0.4) is 0 Å². The number of hydrogen-bond donors (Lipinski definition) is 2. The summed E-state index contributed by atoms with van der Waals surface area (Å²) < 4.78 is 5.26. The monoisotopic (exact) mass is 272 g/mol. The van der Waals surface area contributed by atoms with Gasteiger partial charge in [-0.15, -0.1) is 0 Å². The van der Waals surface area contributed by atoms with Crippen molar-refractivity contribution in [3.05, 3.63) is 29.8 Å². The molecule has 1 unspecified atom stereocenters. The van der Waals surface area contributed by atoms with Gasteiger partial charge in [0.05, 0.1) is 19.7 Å². The molecule has 0 bridgehead atoms. The van der Waals surface area contributed by atoms with Gasteiger partial charge in [-0.3, -0.25) is 0 Å². The summed E-state index contributed by atoms with van der Waals surface area (Å²) in [6, 6.07) is 8.02. The van der Waals surface area contributed by atoms with Crippen molar-refractivity contribution in [3.63, 3.8) is 0 Å². The Hall–Kier alpha value is -1.26. The molecule has 0 aliphatic heterocycles. The van der Waals surface area contributed by atoms with E-state index >= 15 is 0 Å². The van der Waals surface area contributed by atoms with Crippen molar-refractivity contribution in [1.82, 2.24) is 5.32 Å². The third kappa shape index (κ3) is 4.20. The maximum atomic E-state index is 11.3. The van der Waals surface area contributed by atoms with E-state index in [1.54, 1.807) is 7.05 Å². The van der Waals surface area contributed by atoms with E-state index in [-0.39, 0.29) is 12.4 Å². The lowest BCUT2D eigenvalue weighted by molar-refractivity contribution is -0.892. The third-order valence-electron chi connectivity index (χ3n) is 2.81. The number of carbonyl (C=O) groups is 1. The average molecular weight is 273 g/mol. The molecule has 102 valence electrons. The molecule has 1 amide bonds. The molecular formula is C13H21ClN2O2. The van der Waals surface area contributed by atoms with E-state index in [1.165, 1.54) is 4.90 Å². The Labute approximate surface area is 115 Å². The van der Waals surface area contributed by atoms with Gasteiger partial charge < -0.3 is 27.4 Å². The van der Waals surface area contributed by atoms with E-state index in [1.807, 2.05) is 24.3 Å². The van der Waals surface area contributed by atoms with E-state index in [0.29, 0.717) is 11.8 Å². The molecular weight excluding hydrogens is 252 g/mol. The molecule has 2 N–H and O–H groups in total. The lowest BCUT2D eigenvalue weighted by Crippen LogP contribution is -3.06. The predicted molar refractivity (Wildman–Crippen MR) is 67.4 cm³/mol. The van der Waals surface area contributed by atoms with Crippen molar-refractivity contribution >= 4 is 6.09 Å². The fraction of sp³-hybridized carbons (Fsp3) is 0.462. The normalized spacial score (nSPS) is 11.6. The van der Waals surface area contributed by atoms with Gasteiger partial charge in [0.15, 0.2) is 0 Å². The molecule has 1 aromatic carbocycles. The zero-order valence-corrected chi connectivity index (χ0v) is 12.0. The van der Waals surface area contributed by atoms with Crippen LogP contribution in [-0.4, -0.2) is 27.2 Å². The molecule has 0 saturated heterocycles. The lowest BCUT2D eigenvalue weighted by Gasteiger charge is -2.22. The van der Waals surface area contributed by atoms with Gasteiger partial charge in [0.2, 0.25) is 0 Å². The summed E-state index contributed by atoms with van der Waals surface area (Å²) in [4.78, 5) is 12.6. The Bertz CT molecular complexity index is 383. The maximum Gasteiger partial charge on any atom is 0.412 e. The Morgan fingerprint density at radius 3 is 2.50 bits per heavy atom. The van der Waals surface area contributed by atoms with Crippen molar-refractivity contribution < 1.29 is 26.8 Å². The highest BCUT2D eigenvalue weighted by atomic mass is 35.5. The summed E-state index contributed by atoms with van der Waals surface area (Å²) in [7, 11) is 5.76. The first-order valence-corrected chi connectivity index (χ1v) is 5.88. The molecule has 18 heavy (non-hydrogen) atoms. The van der Waals surface area contributed by atoms with Gasteiger partial charge in [-0.25, -0.2) is 4.79 Å². The Morgan fingerprint density at radius 2 is 2.00 bits per heavy atom. The smallest absolute Gasteiger partial charge is 0.412 e. The fourth-order valence-electron chi connectivity index (χ4n) is 1.95.